The third kappa shape index (κ3) is 10.3. The van der Waals surface area contributed by atoms with Crippen molar-refractivity contribution < 1.29 is 4.79 Å². The molecular weight excluding hydrogens is 212 g/mol. The van der Waals surface area contributed by atoms with Crippen LogP contribution >= 0.6 is 0 Å². The molecule has 0 fully saturated rings. The lowest BCUT2D eigenvalue weighted by molar-refractivity contribution is -0.121. The summed E-state index contributed by atoms with van der Waals surface area (Å²) in [5, 5.41) is 6.27. The number of amides is 1. The molecule has 0 radical (unpaired) electrons. The van der Waals surface area contributed by atoms with E-state index >= 15 is 0 Å². The van der Waals surface area contributed by atoms with Crippen LogP contribution in [-0.2, 0) is 4.79 Å². The van der Waals surface area contributed by atoms with E-state index in [9.17, 15) is 4.79 Å². The third-order valence-corrected chi connectivity index (χ3v) is 2.92. The van der Waals surface area contributed by atoms with Gasteiger partial charge in [0, 0.05) is 12.1 Å². The van der Waals surface area contributed by atoms with Crippen LogP contribution in [0.3, 0.4) is 0 Å². The highest BCUT2D eigenvalue weighted by atomic mass is 16.1. The van der Waals surface area contributed by atoms with Crippen LogP contribution in [0.25, 0.3) is 0 Å². The zero-order valence-corrected chi connectivity index (χ0v) is 12.2. The summed E-state index contributed by atoms with van der Waals surface area (Å²) in [6, 6.07) is 0.713. The average Bonchev–Trinajstić information content (AvgIpc) is 2.23. The molecule has 0 saturated carbocycles. The maximum absolute atomic E-state index is 11.6. The molecule has 3 nitrogen and oxygen atoms in total. The molecule has 2 N–H and O–H groups in total. The van der Waals surface area contributed by atoms with Crippen LogP contribution < -0.4 is 10.6 Å². The minimum Gasteiger partial charge on any atom is -0.353 e. The second kappa shape index (κ2) is 9.46. The van der Waals surface area contributed by atoms with E-state index < -0.39 is 0 Å². The monoisotopic (exact) mass is 242 g/mol. The second-order valence-electron chi connectivity index (χ2n) is 5.51. The van der Waals surface area contributed by atoms with E-state index in [0.717, 1.165) is 25.2 Å². The van der Waals surface area contributed by atoms with E-state index in [0.29, 0.717) is 18.6 Å². The lowest BCUT2D eigenvalue weighted by Gasteiger charge is -2.17. The Labute approximate surface area is 107 Å². The molecule has 3 heteroatoms. The maximum Gasteiger partial charge on any atom is 0.234 e. The van der Waals surface area contributed by atoms with Gasteiger partial charge in [-0.3, -0.25) is 4.79 Å². The summed E-state index contributed by atoms with van der Waals surface area (Å²) >= 11 is 0. The van der Waals surface area contributed by atoms with Gasteiger partial charge in [-0.2, -0.15) is 0 Å². The van der Waals surface area contributed by atoms with Crippen molar-refractivity contribution in [2.45, 2.75) is 72.4 Å². The van der Waals surface area contributed by atoms with Crippen LogP contribution in [0.1, 0.15) is 60.3 Å². The van der Waals surface area contributed by atoms with Gasteiger partial charge in [-0.1, -0.05) is 27.2 Å². The number of rotatable bonds is 9. The molecule has 0 aliphatic rings. The molecule has 0 aliphatic carbocycles. The van der Waals surface area contributed by atoms with Crippen molar-refractivity contribution in [1.82, 2.24) is 10.6 Å². The maximum atomic E-state index is 11.6. The Balaban J connectivity index is 3.61. The second-order valence-corrected chi connectivity index (χ2v) is 5.51. The molecule has 2 unspecified atom stereocenters. The fourth-order valence-electron chi connectivity index (χ4n) is 1.78. The highest BCUT2D eigenvalue weighted by Gasteiger charge is 2.08. The Morgan fingerprint density at radius 3 is 2.18 bits per heavy atom. The Morgan fingerprint density at radius 2 is 1.65 bits per heavy atom. The summed E-state index contributed by atoms with van der Waals surface area (Å²) in [7, 11) is 0. The number of hydrogen-bond donors (Lipinski definition) is 2. The molecule has 2 atom stereocenters. The molecule has 102 valence electrons. The Bertz CT molecular complexity index is 204. The van der Waals surface area contributed by atoms with Gasteiger partial charge in [0.2, 0.25) is 5.91 Å². The molecule has 0 spiro atoms. The molecule has 0 bridgehead atoms. The normalized spacial score (nSPS) is 14.7. The summed E-state index contributed by atoms with van der Waals surface area (Å²) < 4.78 is 0. The number of carbonyl (C=O) groups is 1. The minimum atomic E-state index is 0.113. The molecule has 0 aromatic carbocycles. The van der Waals surface area contributed by atoms with Crippen molar-refractivity contribution in [3.05, 3.63) is 0 Å². The molecule has 0 aromatic heterocycles. The van der Waals surface area contributed by atoms with Gasteiger partial charge in [0.05, 0.1) is 6.54 Å². The van der Waals surface area contributed by atoms with E-state index in [1.165, 1.54) is 6.42 Å². The van der Waals surface area contributed by atoms with Crippen LogP contribution in [0, 0.1) is 5.92 Å². The fraction of sp³-hybridized carbons (Fsp3) is 0.929. The van der Waals surface area contributed by atoms with Crippen molar-refractivity contribution in [3.63, 3.8) is 0 Å². The largest absolute Gasteiger partial charge is 0.353 e. The van der Waals surface area contributed by atoms with Gasteiger partial charge in [0.1, 0.15) is 0 Å². The minimum absolute atomic E-state index is 0.113. The highest BCUT2D eigenvalue weighted by Crippen LogP contribution is 2.05. The smallest absolute Gasteiger partial charge is 0.234 e. The number of nitrogens with one attached hydrogen (secondary N) is 2. The summed E-state index contributed by atoms with van der Waals surface area (Å²) in [6.45, 7) is 11.2. The van der Waals surface area contributed by atoms with Gasteiger partial charge in [0.25, 0.3) is 0 Å². The Hall–Kier alpha value is -0.570. The molecule has 0 aliphatic heterocycles. The molecule has 1 amide bonds. The standard InChI is InChI=1S/C14H30N2O/c1-6-7-13(5)16-14(17)10-15-12(4)9-8-11(2)3/h11-13,15H,6-10H2,1-5H3,(H,16,17). The molecular formula is C14H30N2O. The Morgan fingerprint density at radius 1 is 1.00 bits per heavy atom. The van der Waals surface area contributed by atoms with Crippen LogP contribution in [0.5, 0.6) is 0 Å². The summed E-state index contributed by atoms with van der Waals surface area (Å²) in [6.07, 6.45) is 4.51. The van der Waals surface area contributed by atoms with Crippen LogP contribution in [0.4, 0.5) is 0 Å². The summed E-state index contributed by atoms with van der Waals surface area (Å²) in [5.41, 5.74) is 0. The highest BCUT2D eigenvalue weighted by molar-refractivity contribution is 5.78. The predicted molar refractivity (Wildman–Crippen MR) is 74.0 cm³/mol. The van der Waals surface area contributed by atoms with E-state index in [1.807, 2.05) is 0 Å². The van der Waals surface area contributed by atoms with Crippen molar-refractivity contribution in [1.29, 1.82) is 0 Å². The molecule has 0 heterocycles. The van der Waals surface area contributed by atoms with Crippen LogP contribution in [0.15, 0.2) is 0 Å². The molecule has 0 aromatic rings. The van der Waals surface area contributed by atoms with Gasteiger partial charge in [-0.15, -0.1) is 0 Å². The average molecular weight is 242 g/mol. The van der Waals surface area contributed by atoms with Gasteiger partial charge in [-0.05, 0) is 39.0 Å². The van der Waals surface area contributed by atoms with E-state index in [2.05, 4.69) is 45.3 Å². The first-order valence-electron chi connectivity index (χ1n) is 6.98. The van der Waals surface area contributed by atoms with Crippen molar-refractivity contribution in [2.75, 3.05) is 6.54 Å². The van der Waals surface area contributed by atoms with Gasteiger partial charge in [-0.25, -0.2) is 0 Å². The number of carbonyl (C=O) groups excluding carboxylic acids is 1. The number of hydrogen-bond acceptors (Lipinski definition) is 2. The zero-order valence-electron chi connectivity index (χ0n) is 12.2. The zero-order chi connectivity index (χ0) is 13.3. The Kier molecular flexibility index (Phi) is 9.14. The topological polar surface area (TPSA) is 41.1 Å². The van der Waals surface area contributed by atoms with Gasteiger partial charge >= 0.3 is 0 Å². The molecule has 0 rings (SSSR count). The summed E-state index contributed by atoms with van der Waals surface area (Å²) in [4.78, 5) is 11.6. The van der Waals surface area contributed by atoms with E-state index in [4.69, 9.17) is 0 Å². The third-order valence-electron chi connectivity index (χ3n) is 2.92. The summed E-state index contributed by atoms with van der Waals surface area (Å²) in [5.74, 6) is 0.847. The first-order chi connectivity index (χ1) is 7.95. The molecule has 0 saturated heterocycles. The quantitative estimate of drug-likeness (QED) is 0.653. The van der Waals surface area contributed by atoms with Crippen molar-refractivity contribution in [3.8, 4) is 0 Å². The van der Waals surface area contributed by atoms with Crippen LogP contribution in [-0.4, -0.2) is 24.5 Å². The van der Waals surface area contributed by atoms with Gasteiger partial charge < -0.3 is 10.6 Å². The van der Waals surface area contributed by atoms with E-state index in [1.54, 1.807) is 0 Å². The van der Waals surface area contributed by atoms with Crippen LogP contribution in [0.2, 0.25) is 0 Å². The first-order valence-corrected chi connectivity index (χ1v) is 6.98. The first kappa shape index (κ1) is 16.4. The molecule has 17 heavy (non-hydrogen) atoms. The fourth-order valence-corrected chi connectivity index (χ4v) is 1.78. The van der Waals surface area contributed by atoms with Crippen molar-refractivity contribution >= 4 is 5.91 Å². The predicted octanol–water partition coefficient (Wildman–Crippen LogP) is 2.71. The van der Waals surface area contributed by atoms with Crippen molar-refractivity contribution in [2.24, 2.45) is 5.92 Å². The van der Waals surface area contributed by atoms with Gasteiger partial charge in [0.15, 0.2) is 0 Å². The van der Waals surface area contributed by atoms with E-state index in [-0.39, 0.29) is 5.91 Å². The lowest BCUT2D eigenvalue weighted by atomic mass is 10.0. The SMILES string of the molecule is CCCC(C)NC(=O)CNC(C)CCC(C)C. The lowest BCUT2D eigenvalue weighted by Crippen LogP contribution is -2.41.